The van der Waals surface area contributed by atoms with Crippen molar-refractivity contribution in [2.24, 2.45) is 5.10 Å². The van der Waals surface area contributed by atoms with Crippen LogP contribution in [0, 0.1) is 0 Å². The highest BCUT2D eigenvalue weighted by atomic mass is 32.1. The van der Waals surface area contributed by atoms with Crippen LogP contribution in [0.4, 0.5) is 5.69 Å². The SMILES string of the molecule is CCOc1ccc(NC(=S)N/N=C/c2cccc(OC)c2O)cc1. The van der Waals surface area contributed by atoms with Gasteiger partial charge in [0, 0.05) is 11.3 Å². The molecule has 0 aliphatic rings. The van der Waals surface area contributed by atoms with Crippen molar-refractivity contribution in [1.82, 2.24) is 5.43 Å². The Hall–Kier alpha value is -2.80. The summed E-state index contributed by atoms with van der Waals surface area (Å²) in [5, 5.41) is 17.3. The Morgan fingerprint density at radius 2 is 2.00 bits per heavy atom. The Morgan fingerprint density at radius 3 is 2.67 bits per heavy atom. The van der Waals surface area contributed by atoms with E-state index in [9.17, 15) is 5.11 Å². The molecule has 0 radical (unpaired) electrons. The zero-order valence-corrected chi connectivity index (χ0v) is 14.3. The molecule has 0 aliphatic carbocycles. The first-order valence-corrected chi connectivity index (χ1v) is 7.73. The Kier molecular flexibility index (Phi) is 6.39. The van der Waals surface area contributed by atoms with Gasteiger partial charge in [0.05, 0.1) is 19.9 Å². The highest BCUT2D eigenvalue weighted by molar-refractivity contribution is 7.80. The van der Waals surface area contributed by atoms with Gasteiger partial charge in [-0.25, -0.2) is 0 Å². The van der Waals surface area contributed by atoms with E-state index in [0.29, 0.717) is 23.0 Å². The van der Waals surface area contributed by atoms with Crippen LogP contribution in [-0.4, -0.2) is 30.2 Å². The zero-order chi connectivity index (χ0) is 17.4. The number of phenolic OH excluding ortho intramolecular Hbond substituents is 1. The van der Waals surface area contributed by atoms with Crippen LogP contribution in [0.15, 0.2) is 47.6 Å². The predicted octanol–water partition coefficient (Wildman–Crippen LogP) is 3.12. The number of thiocarbonyl (C=S) groups is 1. The van der Waals surface area contributed by atoms with Gasteiger partial charge in [-0.2, -0.15) is 5.10 Å². The van der Waals surface area contributed by atoms with Crippen molar-refractivity contribution in [2.75, 3.05) is 19.0 Å². The summed E-state index contributed by atoms with van der Waals surface area (Å²) in [6.07, 6.45) is 1.46. The number of hydrogen-bond donors (Lipinski definition) is 3. The van der Waals surface area contributed by atoms with E-state index in [2.05, 4.69) is 15.8 Å². The first kappa shape index (κ1) is 17.6. The number of nitrogens with zero attached hydrogens (tertiary/aromatic N) is 1. The number of benzene rings is 2. The average Bonchev–Trinajstić information content (AvgIpc) is 2.58. The molecule has 2 rings (SSSR count). The minimum absolute atomic E-state index is 0.0240. The van der Waals surface area contributed by atoms with E-state index < -0.39 is 0 Å². The number of rotatable bonds is 6. The lowest BCUT2D eigenvalue weighted by molar-refractivity contribution is 0.340. The molecule has 126 valence electrons. The molecule has 0 heterocycles. The number of phenols is 1. The normalized spacial score (nSPS) is 10.4. The predicted molar refractivity (Wildman–Crippen MR) is 99.2 cm³/mol. The number of anilines is 1. The Labute approximate surface area is 146 Å². The minimum Gasteiger partial charge on any atom is -0.504 e. The summed E-state index contributed by atoms with van der Waals surface area (Å²) in [5.41, 5.74) is 4.03. The Bertz CT molecular complexity index is 718. The third-order valence-electron chi connectivity index (χ3n) is 3.04. The van der Waals surface area contributed by atoms with E-state index in [1.165, 1.54) is 13.3 Å². The van der Waals surface area contributed by atoms with Gasteiger partial charge in [0.15, 0.2) is 16.6 Å². The maximum Gasteiger partial charge on any atom is 0.191 e. The highest BCUT2D eigenvalue weighted by Gasteiger charge is 2.04. The van der Waals surface area contributed by atoms with Crippen LogP contribution in [0.25, 0.3) is 0 Å². The molecule has 0 saturated carbocycles. The van der Waals surface area contributed by atoms with Crippen molar-refractivity contribution in [1.29, 1.82) is 0 Å². The summed E-state index contributed by atoms with van der Waals surface area (Å²) >= 11 is 5.16. The second-order valence-corrected chi connectivity index (χ2v) is 5.09. The summed E-state index contributed by atoms with van der Waals surface area (Å²) < 4.78 is 10.4. The summed E-state index contributed by atoms with van der Waals surface area (Å²) in [6.45, 7) is 2.56. The number of methoxy groups -OCH3 is 1. The summed E-state index contributed by atoms with van der Waals surface area (Å²) in [6, 6.07) is 12.6. The standard InChI is InChI=1S/C17H19N3O3S/c1-3-23-14-9-7-13(8-10-14)19-17(24)20-18-11-12-5-4-6-15(22-2)16(12)21/h4-11,21H,3H2,1-2H3,(H2,19,20,24)/b18-11+. The van der Waals surface area contributed by atoms with Crippen molar-refractivity contribution in [3.8, 4) is 17.2 Å². The second kappa shape index (κ2) is 8.73. The van der Waals surface area contributed by atoms with Crippen molar-refractivity contribution in [3.05, 3.63) is 48.0 Å². The number of hydrogen-bond acceptors (Lipinski definition) is 5. The minimum atomic E-state index is 0.0240. The summed E-state index contributed by atoms with van der Waals surface area (Å²) in [7, 11) is 1.49. The molecule has 0 fully saturated rings. The Balaban J connectivity index is 1.91. The second-order valence-electron chi connectivity index (χ2n) is 4.68. The molecular formula is C17H19N3O3S. The van der Waals surface area contributed by atoms with Gasteiger partial charge >= 0.3 is 0 Å². The van der Waals surface area contributed by atoms with Crippen molar-refractivity contribution >= 4 is 29.2 Å². The molecule has 0 saturated heterocycles. The molecule has 0 unspecified atom stereocenters. The molecule has 3 N–H and O–H groups in total. The first-order chi connectivity index (χ1) is 11.6. The van der Waals surface area contributed by atoms with Crippen LogP contribution in [0.5, 0.6) is 17.2 Å². The largest absolute Gasteiger partial charge is 0.504 e. The van der Waals surface area contributed by atoms with Crippen LogP contribution in [0.3, 0.4) is 0 Å². The molecule has 0 atom stereocenters. The van der Waals surface area contributed by atoms with Gasteiger partial charge in [0.25, 0.3) is 0 Å². The van der Waals surface area contributed by atoms with E-state index in [0.717, 1.165) is 11.4 Å². The fourth-order valence-electron chi connectivity index (χ4n) is 1.93. The molecule has 6 nitrogen and oxygen atoms in total. The molecular weight excluding hydrogens is 326 g/mol. The quantitative estimate of drug-likeness (QED) is 0.424. The van der Waals surface area contributed by atoms with Gasteiger partial charge in [0.1, 0.15) is 5.75 Å². The third kappa shape index (κ3) is 4.85. The zero-order valence-electron chi connectivity index (χ0n) is 13.4. The highest BCUT2D eigenvalue weighted by Crippen LogP contribution is 2.27. The van der Waals surface area contributed by atoms with Gasteiger partial charge in [0.2, 0.25) is 0 Å². The van der Waals surface area contributed by atoms with Crippen LogP contribution in [0.1, 0.15) is 12.5 Å². The number of aromatic hydroxyl groups is 1. The van der Waals surface area contributed by atoms with E-state index in [-0.39, 0.29) is 5.75 Å². The van der Waals surface area contributed by atoms with Crippen molar-refractivity contribution in [3.63, 3.8) is 0 Å². The fraction of sp³-hybridized carbons (Fsp3) is 0.176. The average molecular weight is 345 g/mol. The molecule has 2 aromatic rings. The monoisotopic (exact) mass is 345 g/mol. The maximum absolute atomic E-state index is 9.95. The van der Waals surface area contributed by atoms with Gasteiger partial charge < -0.3 is 19.9 Å². The molecule has 24 heavy (non-hydrogen) atoms. The van der Waals surface area contributed by atoms with E-state index in [1.807, 2.05) is 31.2 Å². The van der Waals surface area contributed by atoms with E-state index in [1.54, 1.807) is 18.2 Å². The molecule has 0 bridgehead atoms. The third-order valence-corrected chi connectivity index (χ3v) is 3.24. The maximum atomic E-state index is 9.95. The smallest absolute Gasteiger partial charge is 0.191 e. The number of para-hydroxylation sites is 1. The first-order valence-electron chi connectivity index (χ1n) is 7.33. The van der Waals surface area contributed by atoms with Crippen LogP contribution < -0.4 is 20.2 Å². The van der Waals surface area contributed by atoms with Gasteiger partial charge in [-0.05, 0) is 55.5 Å². The van der Waals surface area contributed by atoms with Crippen LogP contribution in [-0.2, 0) is 0 Å². The number of ether oxygens (including phenoxy) is 2. The van der Waals surface area contributed by atoms with Crippen molar-refractivity contribution in [2.45, 2.75) is 6.92 Å². The summed E-state index contributed by atoms with van der Waals surface area (Å²) in [4.78, 5) is 0. The molecule has 0 spiro atoms. The van der Waals surface area contributed by atoms with Gasteiger partial charge in [-0.3, -0.25) is 5.43 Å². The van der Waals surface area contributed by atoms with E-state index in [4.69, 9.17) is 21.7 Å². The molecule has 2 aromatic carbocycles. The fourth-order valence-corrected chi connectivity index (χ4v) is 2.10. The van der Waals surface area contributed by atoms with Crippen LogP contribution >= 0.6 is 12.2 Å². The summed E-state index contributed by atoms with van der Waals surface area (Å²) in [5.74, 6) is 1.21. The number of hydrazone groups is 1. The number of nitrogens with one attached hydrogen (secondary N) is 2. The Morgan fingerprint density at radius 1 is 1.25 bits per heavy atom. The van der Waals surface area contributed by atoms with Gasteiger partial charge in [-0.1, -0.05) is 6.07 Å². The molecule has 0 amide bonds. The van der Waals surface area contributed by atoms with E-state index >= 15 is 0 Å². The van der Waals surface area contributed by atoms with Crippen LogP contribution in [0.2, 0.25) is 0 Å². The molecule has 7 heteroatoms. The molecule has 0 aliphatic heterocycles. The topological polar surface area (TPSA) is 75.1 Å². The lowest BCUT2D eigenvalue weighted by Crippen LogP contribution is -2.23. The lowest BCUT2D eigenvalue weighted by Gasteiger charge is -2.08. The van der Waals surface area contributed by atoms with Crippen molar-refractivity contribution < 1.29 is 14.6 Å². The lowest BCUT2D eigenvalue weighted by atomic mass is 10.2. The molecule has 0 aromatic heterocycles. The van der Waals surface area contributed by atoms with Gasteiger partial charge in [-0.15, -0.1) is 0 Å².